The molecule has 0 aromatic heterocycles. The summed E-state index contributed by atoms with van der Waals surface area (Å²) in [4.78, 5) is 25.3. The van der Waals surface area contributed by atoms with Crippen molar-refractivity contribution in [1.82, 2.24) is 5.32 Å². The number of aliphatic imine (C=N–C) groups is 3. The van der Waals surface area contributed by atoms with E-state index in [0.717, 1.165) is 11.3 Å². The molecule has 7 nitrogen and oxygen atoms in total. The summed E-state index contributed by atoms with van der Waals surface area (Å²) in [6, 6.07) is 14.8. The fourth-order valence-electron chi connectivity index (χ4n) is 2.76. The van der Waals surface area contributed by atoms with Crippen LogP contribution in [-0.2, 0) is 4.74 Å². The smallest absolute Gasteiger partial charge is 0.337 e. The number of carbonyl (C=O) groups is 1. The van der Waals surface area contributed by atoms with Gasteiger partial charge in [-0.1, -0.05) is 30.8 Å². The number of rotatable bonds is 2. The van der Waals surface area contributed by atoms with Crippen LogP contribution < -0.4 is 10.6 Å². The number of guanidine groups is 1. The van der Waals surface area contributed by atoms with Gasteiger partial charge in [-0.05, 0) is 24.3 Å². The molecule has 2 aromatic carbocycles. The average molecular weight is 375 g/mol. The second-order valence-electron chi connectivity index (χ2n) is 5.91. The zero-order valence-corrected chi connectivity index (χ0v) is 16.0. The summed E-state index contributed by atoms with van der Waals surface area (Å²) in [6.45, 7) is 4.19. The Bertz CT molecular complexity index is 1010. The maximum absolute atomic E-state index is 11.9. The van der Waals surface area contributed by atoms with E-state index in [4.69, 9.17) is 9.73 Å². The Hall–Kier alpha value is -3.74. The highest BCUT2D eigenvalue weighted by molar-refractivity contribution is 6.62. The lowest BCUT2D eigenvalue weighted by Gasteiger charge is -2.21. The van der Waals surface area contributed by atoms with Gasteiger partial charge in [-0.25, -0.2) is 14.8 Å². The number of carbonyl (C=O) groups excluding carboxylic acids is 1. The van der Waals surface area contributed by atoms with Crippen LogP contribution in [0, 0.1) is 0 Å². The number of ether oxygens (including phenoxy) is 1. The molecule has 142 valence electrons. The van der Waals surface area contributed by atoms with Crippen molar-refractivity contribution in [3.8, 4) is 0 Å². The van der Waals surface area contributed by atoms with Crippen molar-refractivity contribution < 1.29 is 9.53 Å². The number of hydrogen-bond acceptors (Lipinski definition) is 5. The SMILES string of the molecule is C=C1C(=NC(=NC)NC)C(Nc2ccccc2)=Nc2cc(C(=O)OC)ccc21. The Morgan fingerprint density at radius 1 is 1.18 bits per heavy atom. The molecule has 0 atom stereocenters. The summed E-state index contributed by atoms with van der Waals surface area (Å²) in [5, 5.41) is 6.21. The van der Waals surface area contributed by atoms with E-state index < -0.39 is 5.97 Å². The predicted molar refractivity (Wildman–Crippen MR) is 114 cm³/mol. The first kappa shape index (κ1) is 19.0. The molecule has 0 amide bonds. The predicted octanol–water partition coefficient (Wildman–Crippen LogP) is 3.29. The zero-order valence-electron chi connectivity index (χ0n) is 16.0. The van der Waals surface area contributed by atoms with E-state index in [1.54, 1.807) is 32.3 Å². The minimum atomic E-state index is -0.420. The number of fused-ring (bicyclic) bond motifs is 1. The second kappa shape index (κ2) is 8.30. The van der Waals surface area contributed by atoms with Gasteiger partial charge in [0.05, 0.1) is 18.4 Å². The summed E-state index contributed by atoms with van der Waals surface area (Å²) in [5.74, 6) is 0.548. The normalized spacial score (nSPS) is 15.0. The van der Waals surface area contributed by atoms with Gasteiger partial charge in [-0.3, -0.25) is 4.99 Å². The first-order valence-corrected chi connectivity index (χ1v) is 8.63. The second-order valence-corrected chi connectivity index (χ2v) is 5.91. The quantitative estimate of drug-likeness (QED) is 0.479. The third kappa shape index (κ3) is 3.83. The molecule has 0 bridgehead atoms. The maximum atomic E-state index is 11.9. The molecular weight excluding hydrogens is 354 g/mol. The molecule has 0 unspecified atom stereocenters. The molecule has 7 heteroatoms. The minimum absolute atomic E-state index is 0.420. The Balaban J connectivity index is 2.13. The lowest BCUT2D eigenvalue weighted by atomic mass is 9.95. The molecule has 2 aromatic rings. The number of para-hydroxylation sites is 1. The van der Waals surface area contributed by atoms with Gasteiger partial charge in [-0.15, -0.1) is 0 Å². The van der Waals surface area contributed by atoms with Crippen molar-refractivity contribution in [1.29, 1.82) is 0 Å². The van der Waals surface area contributed by atoms with Gasteiger partial charge < -0.3 is 15.4 Å². The topological polar surface area (TPSA) is 87.4 Å². The van der Waals surface area contributed by atoms with Crippen LogP contribution in [0.15, 0.2) is 70.1 Å². The molecule has 2 N–H and O–H groups in total. The monoisotopic (exact) mass is 375 g/mol. The van der Waals surface area contributed by atoms with Crippen LogP contribution in [-0.4, -0.2) is 44.7 Å². The number of esters is 1. The molecule has 3 rings (SSSR count). The van der Waals surface area contributed by atoms with E-state index >= 15 is 0 Å². The maximum Gasteiger partial charge on any atom is 0.337 e. The molecule has 1 aliphatic rings. The third-order valence-electron chi connectivity index (χ3n) is 4.18. The summed E-state index contributed by atoms with van der Waals surface area (Å²) < 4.78 is 4.81. The number of nitrogens with zero attached hydrogens (tertiary/aromatic N) is 3. The van der Waals surface area contributed by atoms with E-state index in [9.17, 15) is 4.79 Å². The summed E-state index contributed by atoms with van der Waals surface area (Å²) in [5.41, 5.74) is 3.92. The lowest BCUT2D eigenvalue weighted by Crippen LogP contribution is -2.29. The van der Waals surface area contributed by atoms with Crippen molar-refractivity contribution in [3.05, 3.63) is 66.2 Å². The fraction of sp³-hybridized carbons (Fsp3) is 0.143. The molecule has 28 heavy (non-hydrogen) atoms. The summed E-state index contributed by atoms with van der Waals surface area (Å²) >= 11 is 0. The molecule has 1 aliphatic heterocycles. The number of amidine groups is 1. The first-order chi connectivity index (χ1) is 13.6. The van der Waals surface area contributed by atoms with Gasteiger partial charge in [0.25, 0.3) is 0 Å². The zero-order chi connectivity index (χ0) is 20.1. The fourth-order valence-corrected chi connectivity index (χ4v) is 2.76. The van der Waals surface area contributed by atoms with Gasteiger partial charge >= 0.3 is 5.97 Å². The standard InChI is InChI=1S/C21H21N5O2/c1-13-16-11-10-14(20(27)28-4)12-17(16)25-19(18(13)26-21(22-2)23-3)24-15-8-6-5-7-9-15/h5-12H,1H2,2-4H3,(H,22,23)(H,24,25). The molecule has 0 aliphatic carbocycles. The summed E-state index contributed by atoms with van der Waals surface area (Å²) in [6.07, 6.45) is 0. The molecule has 0 saturated carbocycles. The highest BCUT2D eigenvalue weighted by Crippen LogP contribution is 2.33. The highest BCUT2D eigenvalue weighted by atomic mass is 16.5. The minimum Gasteiger partial charge on any atom is -0.465 e. The molecule has 0 radical (unpaired) electrons. The van der Waals surface area contributed by atoms with Gasteiger partial charge in [0.1, 0.15) is 5.71 Å². The van der Waals surface area contributed by atoms with Crippen LogP contribution in [0.3, 0.4) is 0 Å². The van der Waals surface area contributed by atoms with Crippen molar-refractivity contribution in [2.45, 2.75) is 0 Å². The van der Waals surface area contributed by atoms with Gasteiger partial charge in [0.2, 0.25) is 5.96 Å². The Morgan fingerprint density at radius 3 is 2.57 bits per heavy atom. The van der Waals surface area contributed by atoms with E-state index in [1.807, 2.05) is 30.3 Å². The lowest BCUT2D eigenvalue weighted by molar-refractivity contribution is 0.0601. The average Bonchev–Trinajstić information content (AvgIpc) is 2.73. The largest absolute Gasteiger partial charge is 0.465 e. The molecule has 1 heterocycles. The Kier molecular flexibility index (Phi) is 5.64. The summed E-state index contributed by atoms with van der Waals surface area (Å²) in [7, 11) is 4.75. The van der Waals surface area contributed by atoms with Crippen LogP contribution >= 0.6 is 0 Å². The van der Waals surface area contributed by atoms with Gasteiger partial charge in [0, 0.05) is 30.9 Å². The van der Waals surface area contributed by atoms with E-state index in [1.165, 1.54) is 7.11 Å². The van der Waals surface area contributed by atoms with E-state index in [-0.39, 0.29) is 0 Å². The van der Waals surface area contributed by atoms with E-state index in [2.05, 4.69) is 27.2 Å². The van der Waals surface area contributed by atoms with Gasteiger partial charge in [0.15, 0.2) is 5.84 Å². The number of methoxy groups -OCH3 is 1. The molecular formula is C21H21N5O2. The third-order valence-corrected chi connectivity index (χ3v) is 4.18. The van der Waals surface area contributed by atoms with Gasteiger partial charge in [-0.2, -0.15) is 0 Å². The highest BCUT2D eigenvalue weighted by Gasteiger charge is 2.24. The van der Waals surface area contributed by atoms with Crippen LogP contribution in [0.25, 0.3) is 5.57 Å². The van der Waals surface area contributed by atoms with Crippen molar-refractivity contribution in [2.24, 2.45) is 15.0 Å². The van der Waals surface area contributed by atoms with Crippen LogP contribution in [0.5, 0.6) is 0 Å². The van der Waals surface area contributed by atoms with E-state index in [0.29, 0.717) is 34.3 Å². The van der Waals surface area contributed by atoms with Crippen molar-refractivity contribution >= 4 is 40.4 Å². The van der Waals surface area contributed by atoms with Crippen molar-refractivity contribution in [2.75, 3.05) is 26.5 Å². The number of benzene rings is 2. The molecule has 0 spiro atoms. The van der Waals surface area contributed by atoms with Crippen LogP contribution in [0.4, 0.5) is 11.4 Å². The number of nitrogens with one attached hydrogen (secondary N) is 2. The molecule has 0 fully saturated rings. The number of anilines is 1. The van der Waals surface area contributed by atoms with Crippen LogP contribution in [0.2, 0.25) is 0 Å². The van der Waals surface area contributed by atoms with Crippen LogP contribution in [0.1, 0.15) is 15.9 Å². The number of hydrogen-bond donors (Lipinski definition) is 2. The Morgan fingerprint density at radius 2 is 1.93 bits per heavy atom. The Labute approximate surface area is 163 Å². The van der Waals surface area contributed by atoms with Crippen molar-refractivity contribution in [3.63, 3.8) is 0 Å². The first-order valence-electron chi connectivity index (χ1n) is 8.63. The molecule has 0 saturated heterocycles.